The third-order valence-electron chi connectivity index (χ3n) is 4.81. The smallest absolute Gasteiger partial charge is 0.312 e. The SMILES string of the molecule is CN1CCN(C)C(CNC2CCC(C(F)(F)F)CC2)C1. The van der Waals surface area contributed by atoms with Gasteiger partial charge in [0.15, 0.2) is 0 Å². The molecule has 0 radical (unpaired) electrons. The number of halogens is 3. The van der Waals surface area contributed by atoms with Crippen LogP contribution in [0.4, 0.5) is 13.2 Å². The first kappa shape index (κ1) is 16.0. The van der Waals surface area contributed by atoms with Gasteiger partial charge in [-0.3, -0.25) is 4.90 Å². The zero-order chi connectivity index (χ0) is 14.8. The molecular weight excluding hydrogens is 267 g/mol. The highest BCUT2D eigenvalue weighted by atomic mass is 19.4. The van der Waals surface area contributed by atoms with E-state index < -0.39 is 12.1 Å². The predicted molar refractivity (Wildman–Crippen MR) is 73.7 cm³/mol. The molecule has 1 aliphatic heterocycles. The van der Waals surface area contributed by atoms with Crippen molar-refractivity contribution in [1.82, 2.24) is 15.1 Å². The van der Waals surface area contributed by atoms with E-state index in [1.54, 1.807) is 0 Å². The van der Waals surface area contributed by atoms with Gasteiger partial charge in [0, 0.05) is 38.3 Å². The molecule has 0 aromatic heterocycles. The summed E-state index contributed by atoms with van der Waals surface area (Å²) < 4.78 is 37.8. The molecule has 0 spiro atoms. The Morgan fingerprint density at radius 3 is 2.30 bits per heavy atom. The van der Waals surface area contributed by atoms with Crippen molar-refractivity contribution < 1.29 is 13.2 Å². The molecule has 2 rings (SSSR count). The lowest BCUT2D eigenvalue weighted by atomic mass is 9.85. The monoisotopic (exact) mass is 293 g/mol. The highest BCUT2D eigenvalue weighted by Gasteiger charge is 2.41. The Kier molecular flexibility index (Phi) is 5.31. The summed E-state index contributed by atoms with van der Waals surface area (Å²) >= 11 is 0. The molecule has 1 aliphatic carbocycles. The van der Waals surface area contributed by atoms with Crippen molar-refractivity contribution in [2.24, 2.45) is 5.92 Å². The van der Waals surface area contributed by atoms with Gasteiger partial charge in [-0.05, 0) is 39.8 Å². The zero-order valence-corrected chi connectivity index (χ0v) is 12.4. The Labute approximate surface area is 119 Å². The Balaban J connectivity index is 1.70. The van der Waals surface area contributed by atoms with Crippen molar-refractivity contribution in [2.75, 3.05) is 40.3 Å². The minimum absolute atomic E-state index is 0.259. The summed E-state index contributed by atoms with van der Waals surface area (Å²) in [5.74, 6) is -1.08. The lowest BCUT2D eigenvalue weighted by Gasteiger charge is -2.39. The van der Waals surface area contributed by atoms with Crippen LogP contribution in [0.3, 0.4) is 0 Å². The number of hydrogen-bond donors (Lipinski definition) is 1. The largest absolute Gasteiger partial charge is 0.391 e. The molecule has 2 fully saturated rings. The van der Waals surface area contributed by atoms with Crippen LogP contribution in [0.15, 0.2) is 0 Å². The molecule has 6 heteroatoms. The van der Waals surface area contributed by atoms with Crippen molar-refractivity contribution in [1.29, 1.82) is 0 Å². The van der Waals surface area contributed by atoms with Crippen LogP contribution in [0.25, 0.3) is 0 Å². The van der Waals surface area contributed by atoms with Gasteiger partial charge in [-0.25, -0.2) is 0 Å². The van der Waals surface area contributed by atoms with E-state index in [0.717, 1.165) is 26.2 Å². The maximum absolute atomic E-state index is 12.6. The molecule has 1 saturated heterocycles. The summed E-state index contributed by atoms with van der Waals surface area (Å²) in [6.07, 6.45) is -2.15. The van der Waals surface area contributed by atoms with Gasteiger partial charge < -0.3 is 10.2 Å². The fourth-order valence-corrected chi connectivity index (χ4v) is 3.25. The van der Waals surface area contributed by atoms with E-state index in [1.807, 2.05) is 0 Å². The molecule has 1 N–H and O–H groups in total. The molecular formula is C14H26F3N3. The summed E-state index contributed by atoms with van der Waals surface area (Å²) in [6.45, 7) is 4.05. The molecule has 3 nitrogen and oxygen atoms in total. The minimum Gasteiger partial charge on any atom is -0.312 e. The highest BCUT2D eigenvalue weighted by molar-refractivity contribution is 4.85. The Bertz CT molecular complexity index is 301. The quantitative estimate of drug-likeness (QED) is 0.858. The highest BCUT2D eigenvalue weighted by Crippen LogP contribution is 2.37. The van der Waals surface area contributed by atoms with Gasteiger partial charge in [0.25, 0.3) is 0 Å². The Hall–Kier alpha value is -0.330. The van der Waals surface area contributed by atoms with Crippen molar-refractivity contribution in [3.63, 3.8) is 0 Å². The van der Waals surface area contributed by atoms with Crippen molar-refractivity contribution >= 4 is 0 Å². The van der Waals surface area contributed by atoms with Gasteiger partial charge in [-0.1, -0.05) is 0 Å². The molecule has 0 aromatic rings. The minimum atomic E-state index is -4.00. The molecule has 0 aromatic carbocycles. The topological polar surface area (TPSA) is 18.5 Å². The van der Waals surface area contributed by atoms with E-state index in [2.05, 4.69) is 29.2 Å². The number of piperazine rings is 1. The van der Waals surface area contributed by atoms with Crippen LogP contribution in [0.1, 0.15) is 25.7 Å². The molecule has 1 unspecified atom stereocenters. The van der Waals surface area contributed by atoms with Crippen molar-refractivity contribution in [3.8, 4) is 0 Å². The van der Waals surface area contributed by atoms with Crippen LogP contribution in [-0.2, 0) is 0 Å². The predicted octanol–water partition coefficient (Wildman–Crippen LogP) is 1.94. The molecule has 118 valence electrons. The third-order valence-corrected chi connectivity index (χ3v) is 4.81. The van der Waals surface area contributed by atoms with E-state index in [0.29, 0.717) is 18.9 Å². The fraction of sp³-hybridized carbons (Fsp3) is 1.00. The molecule has 0 amide bonds. The van der Waals surface area contributed by atoms with Crippen LogP contribution < -0.4 is 5.32 Å². The van der Waals surface area contributed by atoms with Gasteiger partial charge in [0.1, 0.15) is 0 Å². The Morgan fingerprint density at radius 2 is 1.70 bits per heavy atom. The average Bonchev–Trinajstić information content (AvgIpc) is 2.39. The number of likely N-dealkylation sites (N-methyl/N-ethyl adjacent to an activating group) is 2. The zero-order valence-electron chi connectivity index (χ0n) is 12.4. The second-order valence-corrected chi connectivity index (χ2v) is 6.40. The van der Waals surface area contributed by atoms with Gasteiger partial charge in [0.2, 0.25) is 0 Å². The molecule has 1 atom stereocenters. The van der Waals surface area contributed by atoms with Crippen LogP contribution in [0, 0.1) is 5.92 Å². The molecule has 1 saturated carbocycles. The van der Waals surface area contributed by atoms with E-state index in [-0.39, 0.29) is 18.9 Å². The number of nitrogens with zero attached hydrogens (tertiary/aromatic N) is 2. The lowest BCUT2D eigenvalue weighted by molar-refractivity contribution is -0.182. The number of rotatable bonds is 3. The van der Waals surface area contributed by atoms with Gasteiger partial charge in [-0.2, -0.15) is 13.2 Å². The summed E-state index contributed by atoms with van der Waals surface area (Å²) in [6, 6.07) is 0.725. The summed E-state index contributed by atoms with van der Waals surface area (Å²) in [5, 5.41) is 3.48. The van der Waals surface area contributed by atoms with E-state index in [4.69, 9.17) is 0 Å². The standard InChI is InChI=1S/C14H26F3N3/c1-19-7-8-20(2)13(10-19)9-18-12-5-3-11(4-6-12)14(15,16)17/h11-13,18H,3-10H2,1-2H3. The lowest BCUT2D eigenvalue weighted by Crippen LogP contribution is -2.55. The van der Waals surface area contributed by atoms with Crippen LogP contribution in [0.5, 0.6) is 0 Å². The summed E-state index contributed by atoms with van der Waals surface area (Å²) in [7, 11) is 4.24. The molecule has 2 aliphatic rings. The van der Waals surface area contributed by atoms with Gasteiger partial charge >= 0.3 is 6.18 Å². The average molecular weight is 293 g/mol. The first-order valence-electron chi connectivity index (χ1n) is 7.55. The van der Waals surface area contributed by atoms with Crippen molar-refractivity contribution in [3.05, 3.63) is 0 Å². The molecule has 1 heterocycles. The second kappa shape index (κ2) is 6.62. The third kappa shape index (κ3) is 4.33. The second-order valence-electron chi connectivity index (χ2n) is 6.40. The van der Waals surface area contributed by atoms with Gasteiger partial charge in [0.05, 0.1) is 5.92 Å². The van der Waals surface area contributed by atoms with Crippen LogP contribution in [-0.4, -0.2) is 68.3 Å². The van der Waals surface area contributed by atoms with E-state index in [9.17, 15) is 13.2 Å². The number of nitrogens with one attached hydrogen (secondary N) is 1. The summed E-state index contributed by atoms with van der Waals surface area (Å²) in [4.78, 5) is 4.65. The fourth-order valence-electron chi connectivity index (χ4n) is 3.25. The molecule has 20 heavy (non-hydrogen) atoms. The van der Waals surface area contributed by atoms with E-state index in [1.165, 1.54) is 0 Å². The van der Waals surface area contributed by atoms with Crippen LogP contribution in [0.2, 0.25) is 0 Å². The maximum Gasteiger partial charge on any atom is 0.391 e. The van der Waals surface area contributed by atoms with Crippen molar-refractivity contribution in [2.45, 2.75) is 43.9 Å². The molecule has 0 bridgehead atoms. The maximum atomic E-state index is 12.6. The van der Waals surface area contributed by atoms with Crippen LogP contribution >= 0.6 is 0 Å². The number of hydrogen-bond acceptors (Lipinski definition) is 3. The van der Waals surface area contributed by atoms with Gasteiger partial charge in [-0.15, -0.1) is 0 Å². The van der Waals surface area contributed by atoms with E-state index >= 15 is 0 Å². The number of alkyl halides is 3. The normalized spacial score (nSPS) is 34.4. The first-order valence-corrected chi connectivity index (χ1v) is 7.55. The Morgan fingerprint density at radius 1 is 1.05 bits per heavy atom. The summed E-state index contributed by atoms with van der Waals surface area (Å²) in [5.41, 5.74) is 0. The first-order chi connectivity index (χ1) is 9.36.